The van der Waals surface area contributed by atoms with E-state index in [0.717, 1.165) is 13.8 Å². The van der Waals surface area contributed by atoms with E-state index in [1.807, 2.05) is 0 Å². The van der Waals surface area contributed by atoms with Gasteiger partial charge in [-0.25, -0.2) is 0 Å². The lowest BCUT2D eigenvalue weighted by atomic mass is 9.96. The Morgan fingerprint density at radius 2 is 0.786 bits per heavy atom. The van der Waals surface area contributed by atoms with Crippen LogP contribution in [0.5, 0.6) is 0 Å². The lowest BCUT2D eigenvalue weighted by Gasteiger charge is -2.26. The Bertz CT molecular complexity index is 699. The monoisotopic (exact) mass is 536 g/mol. The first-order chi connectivity index (χ1) is 12.5. The second kappa shape index (κ2) is 8.73. The van der Waals surface area contributed by atoms with E-state index in [-0.39, 0.29) is 11.1 Å². The molecule has 10 heteroatoms. The van der Waals surface area contributed by atoms with Gasteiger partial charge < -0.3 is 10.2 Å². The molecular weight excluding hydrogens is 522 g/mol. The molecule has 0 bridgehead atoms. The van der Waals surface area contributed by atoms with E-state index in [1.165, 1.54) is 48.5 Å². The third kappa shape index (κ3) is 5.95. The summed E-state index contributed by atoms with van der Waals surface area (Å²) in [6.45, 7) is 1.46. The summed E-state index contributed by atoms with van der Waals surface area (Å²) in [6.07, 6.45) is -9.33. The number of hydrogen-bond acceptors (Lipinski definition) is 2. The highest BCUT2D eigenvalue weighted by Crippen LogP contribution is 2.39. The highest BCUT2D eigenvalue weighted by Gasteiger charge is 2.51. The van der Waals surface area contributed by atoms with Crippen LogP contribution in [0.3, 0.4) is 0 Å². The first-order valence-electron chi connectivity index (χ1n) is 7.60. The smallest absolute Gasteiger partial charge is 0.376 e. The zero-order chi connectivity index (χ0) is 22.0. The molecule has 0 saturated heterocycles. The van der Waals surface area contributed by atoms with Crippen LogP contribution in [0.4, 0.5) is 26.3 Å². The molecule has 2 aromatic carbocycles. The van der Waals surface area contributed by atoms with Crippen LogP contribution >= 0.6 is 31.9 Å². The molecule has 2 aromatic rings. The van der Waals surface area contributed by atoms with Gasteiger partial charge >= 0.3 is 12.4 Å². The molecule has 0 aliphatic rings. The number of rotatable bonds is 2. The van der Waals surface area contributed by atoms with Crippen molar-refractivity contribution in [2.45, 2.75) is 37.4 Å². The molecule has 0 aliphatic carbocycles. The summed E-state index contributed by atoms with van der Waals surface area (Å²) < 4.78 is 75.5. The molecule has 156 valence electrons. The van der Waals surface area contributed by atoms with Crippen LogP contribution in [-0.2, 0) is 11.2 Å². The molecule has 2 rings (SSSR count). The van der Waals surface area contributed by atoms with Gasteiger partial charge in [-0.3, -0.25) is 0 Å². The Morgan fingerprint density at radius 3 is 0.964 bits per heavy atom. The van der Waals surface area contributed by atoms with Crippen LogP contribution in [0.25, 0.3) is 0 Å². The molecular formula is C18H16Br2F6O2. The predicted molar refractivity (Wildman–Crippen MR) is 99.5 cm³/mol. The van der Waals surface area contributed by atoms with Gasteiger partial charge in [0.25, 0.3) is 0 Å². The summed E-state index contributed by atoms with van der Waals surface area (Å²) in [5.74, 6) is 0. The SMILES string of the molecule is CC(O)(c1ccc(Br)cc1)C(F)(F)F.CC(O)(c1ccc(Br)cc1)C(F)(F)F. The molecule has 0 saturated carbocycles. The largest absolute Gasteiger partial charge is 0.421 e. The van der Waals surface area contributed by atoms with Gasteiger partial charge in [-0.2, -0.15) is 26.3 Å². The first-order valence-corrected chi connectivity index (χ1v) is 9.19. The fourth-order valence-corrected chi connectivity index (χ4v) is 2.40. The quantitative estimate of drug-likeness (QED) is 0.433. The van der Waals surface area contributed by atoms with Crippen molar-refractivity contribution in [3.8, 4) is 0 Å². The maximum absolute atomic E-state index is 12.4. The van der Waals surface area contributed by atoms with Crippen molar-refractivity contribution in [2.75, 3.05) is 0 Å². The van der Waals surface area contributed by atoms with Crippen LogP contribution in [0.15, 0.2) is 57.5 Å². The predicted octanol–water partition coefficient (Wildman–Crippen LogP) is 6.44. The fourth-order valence-electron chi connectivity index (χ4n) is 1.88. The van der Waals surface area contributed by atoms with Gasteiger partial charge in [0.2, 0.25) is 0 Å². The maximum Gasteiger partial charge on any atom is 0.421 e. The normalized spacial score (nSPS) is 16.4. The number of halogens is 8. The van der Waals surface area contributed by atoms with E-state index in [1.54, 1.807) is 0 Å². The topological polar surface area (TPSA) is 40.5 Å². The van der Waals surface area contributed by atoms with E-state index in [0.29, 0.717) is 8.95 Å². The molecule has 0 spiro atoms. The molecule has 2 nitrogen and oxygen atoms in total. The van der Waals surface area contributed by atoms with Crippen molar-refractivity contribution in [3.63, 3.8) is 0 Å². The van der Waals surface area contributed by atoms with Crippen LogP contribution in [0.2, 0.25) is 0 Å². The van der Waals surface area contributed by atoms with Crippen LogP contribution in [0.1, 0.15) is 25.0 Å². The molecule has 28 heavy (non-hydrogen) atoms. The Hall–Kier alpha value is -1.10. The second-order valence-electron chi connectivity index (χ2n) is 6.15. The molecule has 0 fully saturated rings. The minimum atomic E-state index is -4.67. The van der Waals surface area contributed by atoms with Crippen LogP contribution in [-0.4, -0.2) is 22.6 Å². The van der Waals surface area contributed by atoms with Gasteiger partial charge in [-0.05, 0) is 49.2 Å². The summed E-state index contributed by atoms with van der Waals surface area (Å²) in [7, 11) is 0. The first kappa shape index (κ1) is 24.9. The molecule has 0 radical (unpaired) electrons. The minimum absolute atomic E-state index is 0.173. The molecule has 2 N–H and O–H groups in total. The molecule has 0 amide bonds. The summed E-state index contributed by atoms with van der Waals surface area (Å²) in [5.41, 5.74) is -5.94. The number of aliphatic hydroxyl groups is 2. The van der Waals surface area contributed by atoms with Crippen LogP contribution < -0.4 is 0 Å². The number of benzene rings is 2. The van der Waals surface area contributed by atoms with Gasteiger partial charge in [0.05, 0.1) is 0 Å². The highest BCUT2D eigenvalue weighted by atomic mass is 79.9. The highest BCUT2D eigenvalue weighted by molar-refractivity contribution is 9.10. The standard InChI is InChI=1S/2C9H8BrF3O/c2*1-8(14,9(11,12)13)6-2-4-7(10)5-3-6/h2*2-5,14H,1H3. The third-order valence-electron chi connectivity index (χ3n) is 3.92. The van der Waals surface area contributed by atoms with E-state index < -0.39 is 23.6 Å². The molecule has 2 atom stereocenters. The summed E-state index contributed by atoms with van der Waals surface area (Å²) in [5, 5.41) is 18.5. The summed E-state index contributed by atoms with van der Waals surface area (Å²) >= 11 is 6.20. The zero-order valence-corrected chi connectivity index (χ0v) is 17.7. The Labute approximate surface area is 174 Å². The van der Waals surface area contributed by atoms with Gasteiger partial charge in [0.1, 0.15) is 0 Å². The van der Waals surface area contributed by atoms with Crippen LogP contribution in [0, 0.1) is 0 Å². The fraction of sp³-hybridized carbons (Fsp3) is 0.333. The lowest BCUT2D eigenvalue weighted by molar-refractivity contribution is -0.259. The van der Waals surface area contributed by atoms with E-state index in [9.17, 15) is 36.6 Å². The van der Waals surface area contributed by atoms with Gasteiger partial charge in [-0.15, -0.1) is 0 Å². The lowest BCUT2D eigenvalue weighted by Crippen LogP contribution is -2.39. The van der Waals surface area contributed by atoms with Crippen molar-refractivity contribution >= 4 is 31.9 Å². The van der Waals surface area contributed by atoms with E-state index in [2.05, 4.69) is 31.9 Å². The summed E-state index contributed by atoms with van der Waals surface area (Å²) in [6, 6.07) is 10.8. The zero-order valence-electron chi connectivity index (χ0n) is 14.5. The molecule has 2 unspecified atom stereocenters. The second-order valence-corrected chi connectivity index (χ2v) is 7.99. The van der Waals surface area contributed by atoms with Crippen molar-refractivity contribution in [2.24, 2.45) is 0 Å². The average Bonchev–Trinajstić information content (AvgIpc) is 2.54. The van der Waals surface area contributed by atoms with E-state index >= 15 is 0 Å². The summed E-state index contributed by atoms with van der Waals surface area (Å²) in [4.78, 5) is 0. The van der Waals surface area contributed by atoms with Gasteiger partial charge in [-0.1, -0.05) is 56.1 Å². The van der Waals surface area contributed by atoms with Crippen molar-refractivity contribution in [1.29, 1.82) is 0 Å². The van der Waals surface area contributed by atoms with Gasteiger partial charge in [0, 0.05) is 8.95 Å². The third-order valence-corrected chi connectivity index (χ3v) is 4.97. The number of hydrogen-bond donors (Lipinski definition) is 2. The van der Waals surface area contributed by atoms with Crippen molar-refractivity contribution in [3.05, 3.63) is 68.6 Å². The number of alkyl halides is 6. The van der Waals surface area contributed by atoms with Gasteiger partial charge in [0.15, 0.2) is 11.2 Å². The Kier molecular flexibility index (Phi) is 7.77. The Balaban J connectivity index is 0.000000280. The van der Waals surface area contributed by atoms with Crippen molar-refractivity contribution < 1.29 is 36.6 Å². The molecule has 0 aromatic heterocycles. The minimum Gasteiger partial charge on any atom is -0.376 e. The molecule has 0 aliphatic heterocycles. The van der Waals surface area contributed by atoms with E-state index in [4.69, 9.17) is 0 Å². The Morgan fingerprint density at radius 1 is 0.571 bits per heavy atom. The van der Waals surface area contributed by atoms with Crippen molar-refractivity contribution in [1.82, 2.24) is 0 Å². The maximum atomic E-state index is 12.4. The average molecular weight is 538 g/mol. The molecule has 0 heterocycles.